The highest BCUT2D eigenvalue weighted by Crippen LogP contribution is 2.49. The van der Waals surface area contributed by atoms with Crippen LogP contribution in [-0.4, -0.2) is 122 Å². The topological polar surface area (TPSA) is 144 Å². The average molecular weight is 1060 g/mol. The van der Waals surface area contributed by atoms with Crippen molar-refractivity contribution in [3.05, 3.63) is 106 Å². The molecule has 0 unspecified atom stereocenters. The van der Waals surface area contributed by atoms with E-state index in [0.717, 1.165) is 87.7 Å². The molecule has 6 aliphatic rings. The predicted molar refractivity (Wildman–Crippen MR) is 304 cm³/mol. The quantitative estimate of drug-likeness (QED) is 0.152. The van der Waals surface area contributed by atoms with Crippen LogP contribution in [-0.2, 0) is 51.3 Å². The molecule has 2 saturated heterocycles. The number of carbonyl (C=O) groups excluding carboxylic acids is 6. The van der Waals surface area contributed by atoms with E-state index in [4.69, 9.17) is 28.7 Å². The molecule has 14 nitrogen and oxygen atoms in total. The molecule has 412 valence electrons. The van der Waals surface area contributed by atoms with Crippen LogP contribution in [0.3, 0.4) is 0 Å². The molecular weight excluding hydrogens is 981 g/mol. The number of fused-ring (bicyclic) bond motifs is 10. The second kappa shape index (κ2) is 26.3. The summed E-state index contributed by atoms with van der Waals surface area (Å²) in [7, 11) is 0. The van der Waals surface area contributed by atoms with Crippen molar-refractivity contribution in [1.29, 1.82) is 0 Å². The van der Waals surface area contributed by atoms with Crippen LogP contribution in [0.4, 0.5) is 11.4 Å². The fourth-order valence-electron chi connectivity index (χ4n) is 13.3. The summed E-state index contributed by atoms with van der Waals surface area (Å²) in [6.45, 7) is 19.8. The van der Waals surface area contributed by atoms with Gasteiger partial charge in [-0.25, -0.2) is 0 Å². The normalized spacial score (nSPS) is 18.1. The molecule has 0 bridgehead atoms. The van der Waals surface area contributed by atoms with Crippen LogP contribution in [0.25, 0.3) is 44.3 Å². The van der Waals surface area contributed by atoms with Gasteiger partial charge in [0.1, 0.15) is 13.1 Å². The largest absolute Gasteiger partial charge is 0.380 e. The minimum Gasteiger partial charge on any atom is -0.380 e. The highest BCUT2D eigenvalue weighted by molar-refractivity contribution is 6.07. The molecule has 2 amide bonds. The maximum Gasteiger partial charge on any atom is 0.373 e. The molecule has 2 aromatic heterocycles. The zero-order valence-corrected chi connectivity index (χ0v) is 46.4. The third kappa shape index (κ3) is 12.4. The SMILES string of the molecule is Cc1ccc2c(c1)N(CC(=O)N1CCCOCC1)C(=O)Cn1c-2c(C2CCCCC2)c2ccc(C)cc21.Cc1ccc2c(c1)N(CCN1CCCOCC1)CCn1c-2c(C2CCCCC2)c2ccc(C)cc21.O=C=O.O=C=O. The van der Waals surface area contributed by atoms with Crippen molar-refractivity contribution >= 4 is 57.3 Å². The number of benzene rings is 4. The summed E-state index contributed by atoms with van der Waals surface area (Å²) >= 11 is 0. The first-order chi connectivity index (χ1) is 38.0. The zero-order chi connectivity index (χ0) is 54.7. The van der Waals surface area contributed by atoms with Gasteiger partial charge in [-0.1, -0.05) is 87.1 Å². The Morgan fingerprint density at radius 2 is 1.03 bits per heavy atom. The van der Waals surface area contributed by atoms with E-state index in [1.54, 1.807) is 10.5 Å². The third-order valence-electron chi connectivity index (χ3n) is 17.1. The molecule has 6 aromatic rings. The number of carbonyl (C=O) groups is 2. The molecule has 78 heavy (non-hydrogen) atoms. The number of amides is 2. The van der Waals surface area contributed by atoms with E-state index in [-0.39, 0.29) is 37.2 Å². The van der Waals surface area contributed by atoms with Crippen LogP contribution in [0.2, 0.25) is 0 Å². The van der Waals surface area contributed by atoms with E-state index in [1.807, 2.05) is 4.90 Å². The monoisotopic (exact) mass is 1060 g/mol. The van der Waals surface area contributed by atoms with E-state index in [2.05, 4.69) is 119 Å². The standard InChI is InChI=1S/C31H37N3O3.C31H41N3O.2CO2/c1-21-9-11-24-26(17-21)34-20-29(36)33(19-28(35)32-13-6-15-37-16-14-32)27-18-22(2)10-12-25(27)31(34)30(24)23-7-4-3-5-8-23;1-23-10-12-27-28(21-23)33(15-14-32-13-6-19-35-20-18-32)16-17-34-29-22-24(2)9-11-26(29)30(31(27)34)25-7-4-3-5-8-25;2*2-1-3/h9-12,17-18,23H,3-8,13-16,19-20H2,1-2H3;9-12,21-22,25H,3-8,13-20H2,1-2H3;;. The van der Waals surface area contributed by atoms with Gasteiger partial charge in [0.15, 0.2) is 0 Å². The maximum atomic E-state index is 14.0. The van der Waals surface area contributed by atoms with Gasteiger partial charge in [-0.15, -0.1) is 0 Å². The van der Waals surface area contributed by atoms with Crippen molar-refractivity contribution in [2.75, 3.05) is 88.6 Å². The van der Waals surface area contributed by atoms with E-state index in [1.165, 1.54) is 125 Å². The minimum atomic E-state index is -0.0291. The first-order valence-corrected chi connectivity index (χ1v) is 28.7. The lowest BCUT2D eigenvalue weighted by atomic mass is 9.81. The summed E-state index contributed by atoms with van der Waals surface area (Å²) < 4.78 is 16.2. The van der Waals surface area contributed by atoms with Gasteiger partial charge >= 0.3 is 12.3 Å². The summed E-state index contributed by atoms with van der Waals surface area (Å²) in [6, 6.07) is 27.5. The number of rotatable bonds is 7. The lowest BCUT2D eigenvalue weighted by molar-refractivity contribution is -0.193. The van der Waals surface area contributed by atoms with Crippen LogP contribution < -0.4 is 9.80 Å². The Balaban J connectivity index is 0.000000173. The average Bonchev–Trinajstić information content (AvgIpc) is 3.79. The van der Waals surface area contributed by atoms with Gasteiger partial charge in [-0.2, -0.15) is 19.2 Å². The number of aromatic nitrogens is 2. The van der Waals surface area contributed by atoms with Crippen molar-refractivity contribution in [2.24, 2.45) is 0 Å². The van der Waals surface area contributed by atoms with Crippen LogP contribution >= 0.6 is 0 Å². The Kier molecular flexibility index (Phi) is 18.9. The Bertz CT molecular complexity index is 3120. The van der Waals surface area contributed by atoms with Gasteiger partial charge < -0.3 is 33.3 Å². The Morgan fingerprint density at radius 3 is 1.63 bits per heavy atom. The predicted octanol–water partition coefficient (Wildman–Crippen LogP) is 10.9. The van der Waals surface area contributed by atoms with Gasteiger partial charge in [0.2, 0.25) is 11.8 Å². The molecule has 2 aliphatic carbocycles. The second-order valence-electron chi connectivity index (χ2n) is 22.3. The Labute approximate surface area is 459 Å². The highest BCUT2D eigenvalue weighted by Gasteiger charge is 2.35. The summed E-state index contributed by atoms with van der Waals surface area (Å²) in [4.78, 5) is 68.8. The molecule has 6 heterocycles. The summed E-state index contributed by atoms with van der Waals surface area (Å²) in [5.41, 5.74) is 18.1. The lowest BCUT2D eigenvalue weighted by Gasteiger charge is -2.29. The molecule has 12 rings (SSSR count). The second-order valence-corrected chi connectivity index (χ2v) is 22.3. The highest BCUT2D eigenvalue weighted by atomic mass is 16.5. The molecular formula is C64H78N6O8. The van der Waals surface area contributed by atoms with Gasteiger partial charge in [0, 0.05) is 104 Å². The molecule has 0 N–H and O–H groups in total. The van der Waals surface area contributed by atoms with Crippen LogP contribution in [0, 0.1) is 27.7 Å². The minimum absolute atomic E-state index is 0.00825. The number of nitrogens with zero attached hydrogens (tertiary/aromatic N) is 6. The molecule has 2 saturated carbocycles. The van der Waals surface area contributed by atoms with Crippen molar-refractivity contribution < 1.29 is 38.2 Å². The van der Waals surface area contributed by atoms with Gasteiger partial charge in [-0.05, 0) is 136 Å². The lowest BCUT2D eigenvalue weighted by Crippen LogP contribution is -2.44. The Hall–Kier alpha value is -6.66. The van der Waals surface area contributed by atoms with Crippen molar-refractivity contribution in [1.82, 2.24) is 18.9 Å². The van der Waals surface area contributed by atoms with Gasteiger partial charge in [0.25, 0.3) is 0 Å². The molecule has 4 fully saturated rings. The van der Waals surface area contributed by atoms with Crippen molar-refractivity contribution in [2.45, 2.75) is 130 Å². The molecule has 14 heteroatoms. The summed E-state index contributed by atoms with van der Waals surface area (Å²) in [5, 5.41) is 2.78. The first-order valence-electron chi connectivity index (χ1n) is 28.7. The fourth-order valence-corrected chi connectivity index (χ4v) is 13.3. The summed E-state index contributed by atoms with van der Waals surface area (Å²) in [6.07, 6.45) is 15.5. The van der Waals surface area contributed by atoms with E-state index < -0.39 is 0 Å². The zero-order valence-electron chi connectivity index (χ0n) is 46.4. The molecule has 4 aliphatic heterocycles. The Morgan fingerprint density at radius 1 is 0.526 bits per heavy atom. The van der Waals surface area contributed by atoms with Crippen molar-refractivity contribution in [3.8, 4) is 22.5 Å². The van der Waals surface area contributed by atoms with Crippen LogP contribution in [0.1, 0.15) is 122 Å². The molecule has 4 aromatic carbocycles. The van der Waals surface area contributed by atoms with Gasteiger partial charge in [-0.3, -0.25) is 14.5 Å². The third-order valence-corrected chi connectivity index (χ3v) is 17.1. The van der Waals surface area contributed by atoms with E-state index in [9.17, 15) is 9.59 Å². The fraction of sp³-hybridized carbons (Fsp3) is 0.500. The maximum absolute atomic E-state index is 14.0. The number of ether oxygens (including phenoxy) is 2. The summed E-state index contributed by atoms with van der Waals surface area (Å²) in [5.74, 6) is 1.14. The van der Waals surface area contributed by atoms with E-state index in [0.29, 0.717) is 38.1 Å². The van der Waals surface area contributed by atoms with Crippen LogP contribution in [0.15, 0.2) is 72.8 Å². The number of hydrogen-bond donors (Lipinski definition) is 0. The first kappa shape index (κ1) is 56.1. The van der Waals surface area contributed by atoms with Crippen LogP contribution in [0.5, 0.6) is 0 Å². The number of anilines is 2. The number of hydrogen-bond acceptors (Lipinski definition) is 10. The van der Waals surface area contributed by atoms with Gasteiger partial charge in [0.05, 0.1) is 30.3 Å². The molecule has 0 atom stereocenters. The smallest absolute Gasteiger partial charge is 0.373 e. The van der Waals surface area contributed by atoms with Crippen molar-refractivity contribution in [3.63, 3.8) is 0 Å². The molecule has 0 radical (unpaired) electrons. The number of aryl methyl sites for hydroxylation is 4. The van der Waals surface area contributed by atoms with E-state index >= 15 is 0 Å². The molecule has 0 spiro atoms.